The molecule has 4 rings (SSSR count). The maximum atomic E-state index is 13.6. The van der Waals surface area contributed by atoms with Crippen LogP contribution in [0.5, 0.6) is 0 Å². The largest absolute Gasteiger partial charge is 0.450 e. The topological polar surface area (TPSA) is 88.8 Å². The van der Waals surface area contributed by atoms with Crippen molar-refractivity contribution in [2.75, 3.05) is 19.7 Å². The summed E-state index contributed by atoms with van der Waals surface area (Å²) in [6.45, 7) is 5.61. The number of hydrogen-bond donors (Lipinski definition) is 1. The summed E-state index contributed by atoms with van der Waals surface area (Å²) in [5.74, 6) is -0.117. The third kappa shape index (κ3) is 3.86. The fourth-order valence-electron chi connectivity index (χ4n) is 4.43. The quantitative estimate of drug-likeness (QED) is 0.741. The van der Waals surface area contributed by atoms with Crippen molar-refractivity contribution in [2.24, 2.45) is 5.73 Å². The number of halogens is 2. The van der Waals surface area contributed by atoms with E-state index in [1.807, 2.05) is 13.0 Å². The molecule has 2 aromatic rings. The van der Waals surface area contributed by atoms with Crippen LogP contribution in [0.3, 0.4) is 0 Å². The minimum atomic E-state index is -0.345. The molecule has 1 aromatic carbocycles. The summed E-state index contributed by atoms with van der Waals surface area (Å²) in [6.07, 6.45) is 0.348. The third-order valence-electron chi connectivity index (χ3n) is 5.91. The summed E-state index contributed by atoms with van der Waals surface area (Å²) in [5.41, 5.74) is 10.3. The van der Waals surface area contributed by atoms with Crippen LogP contribution < -0.4 is 5.73 Å². The Balaban J connectivity index is 1.72. The van der Waals surface area contributed by atoms with Crippen LogP contribution in [0.15, 0.2) is 18.2 Å². The number of aromatic nitrogens is 1. The molecule has 1 fully saturated rings. The van der Waals surface area contributed by atoms with E-state index in [4.69, 9.17) is 38.7 Å². The molecule has 1 aromatic heterocycles. The Morgan fingerprint density at radius 1 is 1.32 bits per heavy atom. The van der Waals surface area contributed by atoms with Gasteiger partial charge in [-0.05, 0) is 38.0 Å². The minimum Gasteiger partial charge on any atom is -0.450 e. The lowest BCUT2D eigenvalue weighted by Gasteiger charge is -2.24. The first-order chi connectivity index (χ1) is 14.8. The van der Waals surface area contributed by atoms with Crippen molar-refractivity contribution in [2.45, 2.75) is 39.4 Å². The number of carbonyl (C=O) groups is 2. The van der Waals surface area contributed by atoms with Gasteiger partial charge in [0.25, 0.3) is 5.91 Å². The van der Waals surface area contributed by atoms with Gasteiger partial charge in [-0.1, -0.05) is 29.3 Å². The standard InChI is InChI=1S/C22H24Cl2N4O3/c1-3-31-22(30)27-7-6-14(10-27)28-11-18-20(21(28)29)19(16(9-25)12(2)26-18)15-5-4-13(23)8-17(15)24/h4-5,8,14H,3,6-7,9-11,25H2,1-2H3. The molecular formula is C22H24Cl2N4O3. The summed E-state index contributed by atoms with van der Waals surface area (Å²) in [5, 5.41) is 0.971. The Labute approximate surface area is 191 Å². The highest BCUT2D eigenvalue weighted by molar-refractivity contribution is 6.36. The van der Waals surface area contributed by atoms with Crippen molar-refractivity contribution in [1.82, 2.24) is 14.8 Å². The van der Waals surface area contributed by atoms with E-state index < -0.39 is 0 Å². The predicted octanol–water partition coefficient (Wildman–Crippen LogP) is 4.01. The first-order valence-electron chi connectivity index (χ1n) is 10.3. The van der Waals surface area contributed by atoms with Crippen molar-refractivity contribution >= 4 is 35.2 Å². The fraction of sp³-hybridized carbons (Fsp3) is 0.409. The number of benzene rings is 1. The molecule has 1 saturated heterocycles. The summed E-state index contributed by atoms with van der Waals surface area (Å²) in [4.78, 5) is 33.8. The van der Waals surface area contributed by atoms with Gasteiger partial charge in [-0.2, -0.15) is 0 Å². The molecule has 164 valence electrons. The smallest absolute Gasteiger partial charge is 0.409 e. The number of likely N-dealkylation sites (tertiary alicyclic amines) is 1. The second-order valence-corrected chi connectivity index (χ2v) is 8.56. The Kier molecular flexibility index (Phi) is 6.10. The molecule has 31 heavy (non-hydrogen) atoms. The van der Waals surface area contributed by atoms with Gasteiger partial charge in [0, 0.05) is 46.5 Å². The molecule has 2 N–H and O–H groups in total. The SMILES string of the molecule is CCOC(=O)N1CCC(N2Cc3nc(C)c(CN)c(-c4ccc(Cl)cc4Cl)c3C2=O)C1. The molecule has 7 nitrogen and oxygen atoms in total. The van der Waals surface area contributed by atoms with Crippen LogP contribution in [-0.2, 0) is 17.8 Å². The predicted molar refractivity (Wildman–Crippen MR) is 119 cm³/mol. The normalized spacial score (nSPS) is 18.0. The van der Waals surface area contributed by atoms with Gasteiger partial charge in [0.05, 0.1) is 30.5 Å². The molecule has 0 saturated carbocycles. The number of fused-ring (bicyclic) bond motifs is 1. The second kappa shape index (κ2) is 8.65. The first-order valence-corrected chi connectivity index (χ1v) is 11.0. The molecule has 0 aliphatic carbocycles. The van der Waals surface area contributed by atoms with Gasteiger partial charge in [0.1, 0.15) is 0 Å². The van der Waals surface area contributed by atoms with Gasteiger partial charge < -0.3 is 20.3 Å². The second-order valence-electron chi connectivity index (χ2n) is 7.72. The van der Waals surface area contributed by atoms with E-state index in [-0.39, 0.29) is 24.6 Å². The van der Waals surface area contributed by atoms with Crippen molar-refractivity contribution in [1.29, 1.82) is 0 Å². The molecule has 0 radical (unpaired) electrons. The number of aryl methyl sites for hydroxylation is 1. The van der Waals surface area contributed by atoms with Crippen molar-refractivity contribution in [3.8, 4) is 11.1 Å². The Bertz CT molecular complexity index is 1060. The van der Waals surface area contributed by atoms with Crippen molar-refractivity contribution in [3.63, 3.8) is 0 Å². The van der Waals surface area contributed by atoms with E-state index in [1.54, 1.807) is 28.9 Å². The van der Waals surface area contributed by atoms with Gasteiger partial charge >= 0.3 is 6.09 Å². The van der Waals surface area contributed by atoms with E-state index in [2.05, 4.69) is 0 Å². The van der Waals surface area contributed by atoms with E-state index in [0.717, 1.165) is 16.8 Å². The highest BCUT2D eigenvalue weighted by atomic mass is 35.5. The molecule has 3 heterocycles. The number of ether oxygens (including phenoxy) is 1. The lowest BCUT2D eigenvalue weighted by molar-refractivity contribution is 0.0696. The van der Waals surface area contributed by atoms with Crippen LogP contribution in [0.2, 0.25) is 10.0 Å². The van der Waals surface area contributed by atoms with E-state index >= 15 is 0 Å². The zero-order chi connectivity index (χ0) is 22.3. The van der Waals surface area contributed by atoms with E-state index in [9.17, 15) is 9.59 Å². The van der Waals surface area contributed by atoms with Gasteiger partial charge in [-0.25, -0.2) is 4.79 Å². The molecule has 0 spiro atoms. The zero-order valence-corrected chi connectivity index (χ0v) is 19.0. The molecule has 2 amide bonds. The minimum absolute atomic E-state index is 0.0960. The molecule has 0 bridgehead atoms. The zero-order valence-electron chi connectivity index (χ0n) is 17.5. The summed E-state index contributed by atoms with van der Waals surface area (Å²) < 4.78 is 5.10. The van der Waals surface area contributed by atoms with Crippen molar-refractivity contribution < 1.29 is 14.3 Å². The average Bonchev–Trinajstić information content (AvgIpc) is 3.32. The summed E-state index contributed by atoms with van der Waals surface area (Å²) >= 11 is 12.6. The fourth-order valence-corrected chi connectivity index (χ4v) is 4.94. The highest BCUT2D eigenvalue weighted by Gasteiger charge is 2.41. The van der Waals surface area contributed by atoms with Gasteiger partial charge in [-0.3, -0.25) is 9.78 Å². The number of carbonyl (C=O) groups excluding carboxylic acids is 2. The molecule has 1 atom stereocenters. The number of nitrogens with two attached hydrogens (primary N) is 1. The number of pyridine rings is 1. The molecule has 1 unspecified atom stereocenters. The van der Waals surface area contributed by atoms with Crippen LogP contribution in [0, 0.1) is 6.92 Å². The number of hydrogen-bond acceptors (Lipinski definition) is 5. The summed E-state index contributed by atoms with van der Waals surface area (Å²) in [7, 11) is 0. The van der Waals surface area contributed by atoms with Crippen LogP contribution in [0.25, 0.3) is 11.1 Å². The maximum Gasteiger partial charge on any atom is 0.409 e. The molecule has 2 aliphatic heterocycles. The van der Waals surface area contributed by atoms with Gasteiger partial charge in [0.2, 0.25) is 0 Å². The Morgan fingerprint density at radius 3 is 2.77 bits per heavy atom. The number of amides is 2. The highest BCUT2D eigenvalue weighted by Crippen LogP contribution is 2.40. The maximum absolute atomic E-state index is 13.6. The van der Waals surface area contributed by atoms with Crippen molar-refractivity contribution in [3.05, 3.63) is 50.8 Å². The third-order valence-corrected chi connectivity index (χ3v) is 6.46. The van der Waals surface area contributed by atoms with Gasteiger partial charge in [0.15, 0.2) is 0 Å². The molecule has 2 aliphatic rings. The lowest BCUT2D eigenvalue weighted by Crippen LogP contribution is -2.39. The Hall–Kier alpha value is -2.35. The van der Waals surface area contributed by atoms with Crippen LogP contribution in [0.1, 0.15) is 40.7 Å². The van der Waals surface area contributed by atoms with Crippen LogP contribution >= 0.6 is 23.2 Å². The monoisotopic (exact) mass is 462 g/mol. The number of rotatable bonds is 4. The lowest BCUT2D eigenvalue weighted by atomic mass is 9.93. The van der Waals surface area contributed by atoms with E-state index in [0.29, 0.717) is 59.5 Å². The van der Waals surface area contributed by atoms with Crippen LogP contribution in [0.4, 0.5) is 4.79 Å². The van der Waals surface area contributed by atoms with E-state index in [1.165, 1.54) is 0 Å². The first kappa shape index (κ1) is 21.9. The molecular weight excluding hydrogens is 439 g/mol. The Morgan fingerprint density at radius 2 is 2.10 bits per heavy atom. The molecule has 9 heteroatoms. The van der Waals surface area contributed by atoms with Crippen LogP contribution in [-0.4, -0.2) is 52.5 Å². The number of nitrogens with zero attached hydrogens (tertiary/aromatic N) is 3. The average molecular weight is 463 g/mol. The van der Waals surface area contributed by atoms with Gasteiger partial charge in [-0.15, -0.1) is 0 Å². The summed E-state index contributed by atoms with van der Waals surface area (Å²) in [6, 6.07) is 5.12.